The number of amides is 1. The molecule has 0 spiro atoms. The van der Waals surface area contributed by atoms with Gasteiger partial charge in [0.05, 0.1) is 22.8 Å². The maximum atomic E-state index is 13.3. The van der Waals surface area contributed by atoms with Crippen molar-refractivity contribution in [1.29, 1.82) is 0 Å². The molecule has 0 saturated carbocycles. The van der Waals surface area contributed by atoms with Crippen molar-refractivity contribution >= 4 is 60.9 Å². The summed E-state index contributed by atoms with van der Waals surface area (Å²) in [5.41, 5.74) is 1.48. The summed E-state index contributed by atoms with van der Waals surface area (Å²) in [4.78, 5) is 34.8. The minimum atomic E-state index is -3.79. The molecule has 6 rings (SSSR count). The molecule has 2 N–H and O–H groups in total. The van der Waals surface area contributed by atoms with Crippen molar-refractivity contribution in [3.05, 3.63) is 82.7 Å². The second kappa shape index (κ2) is 9.70. The fourth-order valence-electron chi connectivity index (χ4n) is 4.13. The average molecular weight is 566 g/mol. The number of fused-ring (bicyclic) bond motifs is 2. The van der Waals surface area contributed by atoms with E-state index in [1.807, 2.05) is 30.3 Å². The Labute approximate surface area is 224 Å². The third kappa shape index (κ3) is 4.57. The van der Waals surface area contributed by atoms with E-state index in [4.69, 9.17) is 0 Å². The van der Waals surface area contributed by atoms with Gasteiger partial charge in [0.15, 0.2) is 15.9 Å². The van der Waals surface area contributed by atoms with Gasteiger partial charge in [0.1, 0.15) is 5.39 Å². The Kier molecular flexibility index (Phi) is 6.21. The smallest absolute Gasteiger partial charge is 0.265 e. The van der Waals surface area contributed by atoms with E-state index < -0.39 is 10.0 Å². The molecule has 1 aliphatic rings. The molecule has 14 heteroatoms. The van der Waals surface area contributed by atoms with Crippen LogP contribution in [0.3, 0.4) is 0 Å². The number of hydrogen-bond donors (Lipinski definition) is 2. The lowest BCUT2D eigenvalue weighted by Gasteiger charge is -2.14. The fourth-order valence-corrected chi connectivity index (χ4v) is 7.05. The van der Waals surface area contributed by atoms with Gasteiger partial charge >= 0.3 is 0 Å². The molecule has 38 heavy (non-hydrogen) atoms. The summed E-state index contributed by atoms with van der Waals surface area (Å²) in [6.45, 7) is 0. The van der Waals surface area contributed by atoms with Crippen LogP contribution in [0.4, 0.5) is 10.8 Å². The van der Waals surface area contributed by atoms with Crippen molar-refractivity contribution in [2.45, 2.75) is 22.5 Å². The molecule has 2 aromatic carbocycles. The molecule has 1 aliphatic heterocycles. The maximum absolute atomic E-state index is 13.3. The highest BCUT2D eigenvalue weighted by molar-refractivity contribution is 7.99. The van der Waals surface area contributed by atoms with E-state index in [-0.39, 0.29) is 34.0 Å². The normalized spacial score (nSPS) is 14.9. The van der Waals surface area contributed by atoms with E-state index in [0.29, 0.717) is 27.6 Å². The van der Waals surface area contributed by atoms with Gasteiger partial charge in [0, 0.05) is 29.4 Å². The topological polar surface area (TPSA) is 141 Å². The number of para-hydroxylation sites is 1. The zero-order valence-electron chi connectivity index (χ0n) is 19.5. The summed E-state index contributed by atoms with van der Waals surface area (Å²) in [6.07, 6.45) is 3.07. The predicted octanol–water partition coefficient (Wildman–Crippen LogP) is 3.52. The van der Waals surface area contributed by atoms with Gasteiger partial charge in [-0.05, 0) is 36.4 Å². The number of carbonyl (C=O) groups is 1. The second-order valence-electron chi connectivity index (χ2n) is 8.38. The predicted molar refractivity (Wildman–Crippen MR) is 145 cm³/mol. The Morgan fingerprint density at radius 1 is 1.11 bits per heavy atom. The summed E-state index contributed by atoms with van der Waals surface area (Å²) in [5.74, 6) is 0.229. The van der Waals surface area contributed by atoms with Crippen LogP contribution in [0.25, 0.3) is 16.7 Å². The molecular formula is C24H19N7O4S3. The van der Waals surface area contributed by atoms with Crippen molar-refractivity contribution in [1.82, 2.24) is 24.3 Å². The Hall–Kier alpha value is -4.01. The molecule has 192 valence electrons. The number of thiazole rings is 1. The Balaban J connectivity index is 1.17. The van der Waals surface area contributed by atoms with E-state index in [9.17, 15) is 18.0 Å². The van der Waals surface area contributed by atoms with Crippen LogP contribution in [0.2, 0.25) is 0 Å². The number of anilines is 2. The van der Waals surface area contributed by atoms with Crippen molar-refractivity contribution in [2.75, 3.05) is 15.8 Å². The molecule has 1 atom stereocenters. The molecule has 1 amide bonds. The van der Waals surface area contributed by atoms with Crippen LogP contribution >= 0.6 is 23.1 Å². The van der Waals surface area contributed by atoms with Crippen molar-refractivity contribution in [3.63, 3.8) is 0 Å². The monoisotopic (exact) mass is 565 g/mol. The van der Waals surface area contributed by atoms with Crippen molar-refractivity contribution in [2.24, 2.45) is 0 Å². The number of rotatable bonds is 7. The van der Waals surface area contributed by atoms with Gasteiger partial charge in [0.25, 0.3) is 15.6 Å². The zero-order chi connectivity index (χ0) is 26.3. The number of nitrogens with zero attached hydrogens (tertiary/aromatic N) is 5. The molecule has 3 aromatic heterocycles. The molecule has 11 nitrogen and oxygen atoms in total. The van der Waals surface area contributed by atoms with E-state index in [0.717, 1.165) is 5.69 Å². The van der Waals surface area contributed by atoms with Crippen molar-refractivity contribution < 1.29 is 13.2 Å². The Bertz CT molecular complexity index is 1800. The molecule has 1 unspecified atom stereocenters. The lowest BCUT2D eigenvalue weighted by molar-refractivity contribution is -0.116. The van der Waals surface area contributed by atoms with Crippen LogP contribution in [-0.4, -0.2) is 44.4 Å². The van der Waals surface area contributed by atoms with Gasteiger partial charge in [-0.2, -0.15) is 5.10 Å². The van der Waals surface area contributed by atoms with Gasteiger partial charge in [-0.25, -0.2) is 23.1 Å². The maximum Gasteiger partial charge on any atom is 0.265 e. The molecule has 4 heterocycles. The van der Waals surface area contributed by atoms with Gasteiger partial charge in [-0.15, -0.1) is 11.3 Å². The van der Waals surface area contributed by atoms with Crippen LogP contribution in [0.1, 0.15) is 12.5 Å². The van der Waals surface area contributed by atoms with E-state index in [1.165, 1.54) is 59.8 Å². The second-order valence-corrected chi connectivity index (χ2v) is 11.9. The number of aromatic nitrogens is 5. The first-order chi connectivity index (χ1) is 18.4. The summed E-state index contributed by atoms with van der Waals surface area (Å²) in [7, 11) is -3.79. The quantitative estimate of drug-likeness (QED) is 0.286. The number of hydrogen-bond acceptors (Lipinski definition) is 9. The van der Waals surface area contributed by atoms with Crippen LogP contribution in [-0.2, 0) is 14.8 Å². The summed E-state index contributed by atoms with van der Waals surface area (Å²) in [5, 5.41) is 10.00. The standard InChI is InChI=1S/C24H19N7O4S3/c32-20(27-15-6-8-18(9-7-15)38(34,35)29-23-25-10-11-36-23)12-17-14-37-24-28-21-19(22(33)30(17)24)13-26-31(21)16-4-2-1-3-5-16/h1-11,13,17H,12,14H2,(H,25,29)(H,27,32). The Morgan fingerprint density at radius 2 is 1.89 bits per heavy atom. The van der Waals surface area contributed by atoms with E-state index in [1.54, 1.807) is 14.6 Å². The third-order valence-electron chi connectivity index (χ3n) is 5.89. The molecule has 0 saturated heterocycles. The largest absolute Gasteiger partial charge is 0.326 e. The number of sulfonamides is 1. The fraction of sp³-hybridized carbons (Fsp3) is 0.125. The lowest BCUT2D eigenvalue weighted by Crippen LogP contribution is -2.27. The van der Waals surface area contributed by atoms with Gasteiger partial charge < -0.3 is 5.32 Å². The third-order valence-corrected chi connectivity index (χ3v) is 9.16. The highest BCUT2D eigenvalue weighted by atomic mass is 32.2. The van der Waals surface area contributed by atoms with E-state index in [2.05, 4.69) is 25.1 Å². The average Bonchev–Trinajstić information content (AvgIpc) is 3.66. The van der Waals surface area contributed by atoms with Gasteiger partial charge in [-0.3, -0.25) is 18.9 Å². The molecule has 0 fully saturated rings. The highest BCUT2D eigenvalue weighted by Gasteiger charge is 2.29. The number of benzene rings is 2. The van der Waals surface area contributed by atoms with E-state index >= 15 is 0 Å². The summed E-state index contributed by atoms with van der Waals surface area (Å²) in [6, 6.07) is 14.9. The SMILES string of the molecule is O=C(CC1CSc2nc3c(cnn3-c3ccccc3)c(=O)n21)Nc1ccc(S(=O)(=O)Nc2nccs2)cc1. The molecule has 0 aliphatic carbocycles. The lowest BCUT2D eigenvalue weighted by atomic mass is 10.2. The first-order valence-electron chi connectivity index (χ1n) is 11.4. The first-order valence-corrected chi connectivity index (χ1v) is 14.7. The molecular weight excluding hydrogens is 547 g/mol. The molecule has 0 bridgehead atoms. The van der Waals surface area contributed by atoms with Crippen LogP contribution in [0.15, 0.2) is 87.2 Å². The summed E-state index contributed by atoms with van der Waals surface area (Å²) >= 11 is 2.59. The minimum absolute atomic E-state index is 0.0458. The zero-order valence-corrected chi connectivity index (χ0v) is 22.0. The molecule has 0 radical (unpaired) electrons. The van der Waals surface area contributed by atoms with Crippen molar-refractivity contribution in [3.8, 4) is 5.69 Å². The van der Waals surface area contributed by atoms with Gasteiger partial charge in [0.2, 0.25) is 5.91 Å². The van der Waals surface area contributed by atoms with Gasteiger partial charge in [-0.1, -0.05) is 30.0 Å². The number of thioether (sulfide) groups is 1. The number of carbonyl (C=O) groups excluding carboxylic acids is 1. The highest BCUT2D eigenvalue weighted by Crippen LogP contribution is 2.33. The summed E-state index contributed by atoms with van der Waals surface area (Å²) < 4.78 is 30.6. The number of nitrogens with one attached hydrogen (secondary N) is 2. The van der Waals surface area contributed by atoms with Crippen LogP contribution in [0, 0.1) is 0 Å². The van der Waals surface area contributed by atoms with Crippen LogP contribution in [0.5, 0.6) is 0 Å². The molecule has 5 aromatic rings. The minimum Gasteiger partial charge on any atom is -0.326 e. The Morgan fingerprint density at radius 3 is 2.63 bits per heavy atom. The first kappa shape index (κ1) is 24.3. The van der Waals surface area contributed by atoms with Crippen LogP contribution < -0.4 is 15.6 Å².